The molecule has 2 heterocycles. The Kier molecular flexibility index (Phi) is 4.69. The first-order valence-corrected chi connectivity index (χ1v) is 7.84. The van der Waals surface area contributed by atoms with Crippen LogP contribution in [0.25, 0.3) is 10.2 Å². The van der Waals surface area contributed by atoms with Crippen molar-refractivity contribution >= 4 is 50.4 Å². The molecule has 1 aromatic carbocycles. The Morgan fingerprint density at radius 2 is 2.30 bits per heavy atom. The van der Waals surface area contributed by atoms with Crippen molar-refractivity contribution in [2.75, 3.05) is 13.1 Å². The smallest absolute Gasteiger partial charge is 0.271 e. The number of nitrogens with one attached hydrogen (secondary N) is 1. The number of benzene rings is 1. The van der Waals surface area contributed by atoms with Crippen LogP contribution in [0.1, 0.15) is 6.42 Å². The normalized spacial score (nSPS) is 19.7. The maximum Gasteiger partial charge on any atom is 0.271 e. The van der Waals surface area contributed by atoms with Crippen LogP contribution in [-0.4, -0.2) is 32.5 Å². The standard InChI is InChI=1S/C11H11N3O3S2.ClH/c15-14(16)7-1-2-10-9(5-7)13-11(18-10)19(17)8-3-4-12-6-8;/h1-2,5,8,12H,3-4,6H2;1H/t8-,19?;/m0./s1. The highest BCUT2D eigenvalue weighted by atomic mass is 35.5. The second-order valence-electron chi connectivity index (χ2n) is 4.30. The molecule has 6 nitrogen and oxygen atoms in total. The quantitative estimate of drug-likeness (QED) is 0.686. The van der Waals surface area contributed by atoms with Crippen LogP contribution in [0.3, 0.4) is 0 Å². The van der Waals surface area contributed by atoms with E-state index in [0.717, 1.165) is 24.2 Å². The zero-order valence-electron chi connectivity index (χ0n) is 10.3. The summed E-state index contributed by atoms with van der Waals surface area (Å²) in [6.07, 6.45) is 0.878. The minimum absolute atomic E-state index is 0. The number of hydrogen-bond acceptors (Lipinski definition) is 6. The van der Waals surface area contributed by atoms with E-state index in [9.17, 15) is 14.3 Å². The van der Waals surface area contributed by atoms with Gasteiger partial charge in [0.05, 0.1) is 31.2 Å². The van der Waals surface area contributed by atoms with Crippen LogP contribution in [0.5, 0.6) is 0 Å². The van der Waals surface area contributed by atoms with Gasteiger partial charge >= 0.3 is 0 Å². The molecule has 0 amide bonds. The minimum Gasteiger partial charge on any atom is -0.315 e. The molecule has 0 spiro atoms. The number of aromatic nitrogens is 1. The third-order valence-electron chi connectivity index (χ3n) is 3.05. The number of nitro groups is 1. The summed E-state index contributed by atoms with van der Waals surface area (Å²) in [4.78, 5) is 14.5. The molecule has 1 aliphatic heterocycles. The van der Waals surface area contributed by atoms with Gasteiger partial charge < -0.3 is 5.32 Å². The van der Waals surface area contributed by atoms with Gasteiger partial charge in [-0.25, -0.2) is 4.98 Å². The molecule has 9 heteroatoms. The van der Waals surface area contributed by atoms with Gasteiger partial charge in [0.1, 0.15) is 0 Å². The Morgan fingerprint density at radius 3 is 2.95 bits per heavy atom. The molecule has 1 fully saturated rings. The van der Waals surface area contributed by atoms with Gasteiger partial charge in [-0.05, 0) is 19.0 Å². The molecule has 1 unspecified atom stereocenters. The van der Waals surface area contributed by atoms with Gasteiger partial charge in [0.2, 0.25) is 0 Å². The highest BCUT2D eigenvalue weighted by molar-refractivity contribution is 7.88. The monoisotopic (exact) mass is 333 g/mol. The van der Waals surface area contributed by atoms with Crippen LogP contribution in [0, 0.1) is 10.1 Å². The number of thiazole rings is 1. The van der Waals surface area contributed by atoms with E-state index in [1.54, 1.807) is 6.07 Å². The van der Waals surface area contributed by atoms with Gasteiger partial charge in [-0.1, -0.05) is 0 Å². The van der Waals surface area contributed by atoms with Gasteiger partial charge in [-0.2, -0.15) is 0 Å². The largest absolute Gasteiger partial charge is 0.315 e. The van der Waals surface area contributed by atoms with Crippen molar-refractivity contribution < 1.29 is 9.13 Å². The van der Waals surface area contributed by atoms with Crippen molar-refractivity contribution in [1.82, 2.24) is 10.3 Å². The molecular formula is C11H12ClN3O3S2. The van der Waals surface area contributed by atoms with Crippen LogP contribution >= 0.6 is 23.7 Å². The summed E-state index contributed by atoms with van der Waals surface area (Å²) in [5.74, 6) is 0. The first-order valence-electron chi connectivity index (χ1n) is 5.81. The number of nitro benzene ring substituents is 1. The van der Waals surface area contributed by atoms with Gasteiger partial charge in [0.25, 0.3) is 5.69 Å². The van der Waals surface area contributed by atoms with Crippen LogP contribution in [-0.2, 0) is 10.8 Å². The molecule has 0 saturated carbocycles. The van der Waals surface area contributed by atoms with E-state index in [0.29, 0.717) is 9.86 Å². The summed E-state index contributed by atoms with van der Waals surface area (Å²) in [5, 5.41) is 14.0. The van der Waals surface area contributed by atoms with Crippen LogP contribution < -0.4 is 5.32 Å². The fourth-order valence-corrected chi connectivity index (χ4v) is 4.81. The molecule has 1 aliphatic rings. The summed E-state index contributed by atoms with van der Waals surface area (Å²) in [6.45, 7) is 1.62. The summed E-state index contributed by atoms with van der Waals surface area (Å²) in [5.41, 5.74) is 0.561. The van der Waals surface area contributed by atoms with Gasteiger partial charge in [0.15, 0.2) is 4.34 Å². The third-order valence-corrected chi connectivity index (χ3v) is 6.07. The minimum atomic E-state index is -1.13. The molecule has 1 saturated heterocycles. The van der Waals surface area contributed by atoms with Crippen molar-refractivity contribution in [3.8, 4) is 0 Å². The Balaban J connectivity index is 0.00000147. The Morgan fingerprint density at radius 1 is 1.50 bits per heavy atom. The number of rotatable bonds is 3. The lowest BCUT2D eigenvalue weighted by Crippen LogP contribution is -2.18. The SMILES string of the molecule is Cl.O=[N+]([O-])c1ccc2sc(S(=O)[C@H]3CCNC3)nc2c1. The molecular weight excluding hydrogens is 322 g/mol. The molecule has 1 N–H and O–H groups in total. The van der Waals surface area contributed by atoms with E-state index >= 15 is 0 Å². The molecule has 1 aromatic heterocycles. The fourth-order valence-electron chi connectivity index (χ4n) is 2.05. The highest BCUT2D eigenvalue weighted by Gasteiger charge is 2.25. The fraction of sp³-hybridized carbons (Fsp3) is 0.364. The number of nitrogens with zero attached hydrogens (tertiary/aromatic N) is 2. The third kappa shape index (κ3) is 2.83. The highest BCUT2D eigenvalue weighted by Crippen LogP contribution is 2.29. The van der Waals surface area contributed by atoms with Gasteiger partial charge in [0, 0.05) is 18.7 Å². The van der Waals surface area contributed by atoms with Crippen LogP contribution in [0.2, 0.25) is 0 Å². The van der Waals surface area contributed by atoms with Crippen molar-refractivity contribution in [3.05, 3.63) is 28.3 Å². The van der Waals surface area contributed by atoms with Gasteiger partial charge in [-0.15, -0.1) is 23.7 Å². The zero-order chi connectivity index (χ0) is 13.4. The van der Waals surface area contributed by atoms with E-state index in [2.05, 4.69) is 10.3 Å². The Bertz CT molecular complexity index is 670. The van der Waals surface area contributed by atoms with Crippen LogP contribution in [0.15, 0.2) is 22.5 Å². The summed E-state index contributed by atoms with van der Waals surface area (Å²) < 4.78 is 13.7. The van der Waals surface area contributed by atoms with E-state index in [4.69, 9.17) is 0 Å². The average molecular weight is 334 g/mol. The lowest BCUT2D eigenvalue weighted by Gasteiger charge is -2.03. The predicted octanol–water partition coefficient (Wildman–Crippen LogP) is 2.10. The molecule has 108 valence electrons. The topological polar surface area (TPSA) is 85.1 Å². The summed E-state index contributed by atoms with van der Waals surface area (Å²) >= 11 is 1.35. The maximum absolute atomic E-state index is 12.3. The van der Waals surface area contributed by atoms with Crippen molar-refractivity contribution in [2.24, 2.45) is 0 Å². The molecule has 3 rings (SSSR count). The second kappa shape index (κ2) is 6.13. The van der Waals surface area contributed by atoms with E-state index in [1.807, 2.05) is 0 Å². The zero-order valence-corrected chi connectivity index (χ0v) is 12.7. The van der Waals surface area contributed by atoms with Crippen molar-refractivity contribution in [2.45, 2.75) is 16.0 Å². The van der Waals surface area contributed by atoms with E-state index in [-0.39, 0.29) is 23.3 Å². The summed E-state index contributed by atoms with van der Waals surface area (Å²) in [7, 11) is -1.13. The Hall–Kier alpha value is -1.09. The van der Waals surface area contributed by atoms with Crippen LogP contribution in [0.4, 0.5) is 5.69 Å². The molecule has 2 aromatic rings. The Labute approximate surface area is 127 Å². The van der Waals surface area contributed by atoms with E-state index in [1.165, 1.54) is 23.5 Å². The first-order chi connectivity index (χ1) is 9.15. The van der Waals surface area contributed by atoms with Crippen molar-refractivity contribution in [1.29, 1.82) is 0 Å². The molecule has 20 heavy (non-hydrogen) atoms. The number of non-ortho nitro benzene ring substituents is 1. The number of halogens is 1. The molecule has 2 atom stereocenters. The average Bonchev–Trinajstić information content (AvgIpc) is 3.06. The maximum atomic E-state index is 12.3. The second-order valence-corrected chi connectivity index (χ2v) is 7.24. The summed E-state index contributed by atoms with van der Waals surface area (Å²) in [6, 6.07) is 4.54. The van der Waals surface area contributed by atoms with Crippen molar-refractivity contribution in [3.63, 3.8) is 0 Å². The van der Waals surface area contributed by atoms with Gasteiger partial charge in [-0.3, -0.25) is 14.3 Å². The van der Waals surface area contributed by atoms with E-state index < -0.39 is 15.7 Å². The first kappa shape index (κ1) is 15.3. The molecule has 0 radical (unpaired) electrons. The number of hydrogen-bond donors (Lipinski definition) is 1. The lowest BCUT2D eigenvalue weighted by atomic mass is 10.3. The predicted molar refractivity (Wildman–Crippen MR) is 81.2 cm³/mol. The molecule has 0 bridgehead atoms. The molecule has 0 aliphatic carbocycles. The number of fused-ring (bicyclic) bond motifs is 1. The lowest BCUT2D eigenvalue weighted by molar-refractivity contribution is -0.384.